The predicted molar refractivity (Wildman–Crippen MR) is 79.9 cm³/mol. The molecule has 3 heteroatoms. The van der Waals surface area contributed by atoms with Crippen molar-refractivity contribution >= 4 is 16.9 Å². The van der Waals surface area contributed by atoms with Crippen molar-refractivity contribution in [1.82, 2.24) is 9.88 Å². The van der Waals surface area contributed by atoms with E-state index in [9.17, 15) is 4.79 Å². The summed E-state index contributed by atoms with van der Waals surface area (Å²) in [6.07, 6.45) is 0.866. The summed E-state index contributed by atoms with van der Waals surface area (Å²) in [5.74, 6) is 0. The number of hydrogen-bond donors (Lipinski definition) is 1. The third kappa shape index (κ3) is 1.50. The lowest BCUT2D eigenvalue weighted by molar-refractivity contribution is 0.240. The monoisotopic (exact) mass is 262 g/mol. The molecular formula is C17H14N2O. The molecule has 0 bridgehead atoms. The number of amides is 1. The van der Waals surface area contributed by atoms with Crippen LogP contribution in [0.1, 0.15) is 5.69 Å². The Morgan fingerprint density at radius 3 is 2.55 bits per heavy atom. The maximum Gasteiger partial charge on any atom is 0.326 e. The van der Waals surface area contributed by atoms with Crippen molar-refractivity contribution in [3.8, 4) is 11.1 Å². The maximum atomic E-state index is 12.2. The Kier molecular flexibility index (Phi) is 2.39. The summed E-state index contributed by atoms with van der Waals surface area (Å²) in [6, 6.07) is 18.4. The number of aromatic nitrogens is 1. The van der Waals surface area contributed by atoms with Crippen molar-refractivity contribution in [1.29, 1.82) is 0 Å². The zero-order valence-corrected chi connectivity index (χ0v) is 11.0. The maximum absolute atomic E-state index is 12.2. The third-order valence-corrected chi connectivity index (χ3v) is 3.88. The Labute approximate surface area is 116 Å². The first-order valence-electron chi connectivity index (χ1n) is 6.82. The summed E-state index contributed by atoms with van der Waals surface area (Å²) in [5.41, 5.74) is 4.46. The molecule has 1 aliphatic rings. The topological polar surface area (TPSA) is 34.0 Å². The zero-order chi connectivity index (χ0) is 13.5. The van der Waals surface area contributed by atoms with Gasteiger partial charge in [-0.1, -0.05) is 48.5 Å². The summed E-state index contributed by atoms with van der Waals surface area (Å²) in [5, 5.41) is 4.06. The molecule has 4 rings (SSSR count). The van der Waals surface area contributed by atoms with Crippen molar-refractivity contribution in [3.63, 3.8) is 0 Å². The summed E-state index contributed by atoms with van der Waals surface area (Å²) in [6.45, 7) is 0.703. The molecular weight excluding hydrogens is 248 g/mol. The minimum Gasteiger partial charge on any atom is -0.337 e. The number of carbonyl (C=O) groups excluding carboxylic acids is 1. The van der Waals surface area contributed by atoms with Crippen LogP contribution in [0.3, 0.4) is 0 Å². The van der Waals surface area contributed by atoms with Crippen LogP contribution in [-0.4, -0.2) is 17.1 Å². The van der Waals surface area contributed by atoms with Gasteiger partial charge in [0.05, 0.1) is 5.52 Å². The fourth-order valence-corrected chi connectivity index (χ4v) is 3.06. The SMILES string of the molecule is O=C1NCCc2c(-c3ccccc3)c3ccccc3n21. The predicted octanol–water partition coefficient (Wildman–Crippen LogP) is 3.42. The molecule has 1 amide bonds. The second-order valence-corrected chi connectivity index (χ2v) is 5.02. The zero-order valence-electron chi connectivity index (χ0n) is 11.0. The molecule has 1 N–H and O–H groups in total. The van der Waals surface area contributed by atoms with Gasteiger partial charge in [-0.3, -0.25) is 4.57 Å². The van der Waals surface area contributed by atoms with E-state index in [1.165, 1.54) is 11.1 Å². The van der Waals surface area contributed by atoms with Crippen LogP contribution in [0.25, 0.3) is 22.0 Å². The number of benzene rings is 2. The molecule has 0 saturated heterocycles. The van der Waals surface area contributed by atoms with Crippen LogP contribution in [0.4, 0.5) is 4.79 Å². The standard InChI is InChI=1S/C17H14N2O/c20-17-18-11-10-15-16(12-6-2-1-3-7-12)13-8-4-5-9-14(13)19(15)17/h1-9H,10-11H2,(H,18,20). The summed E-state index contributed by atoms with van der Waals surface area (Å²) in [7, 11) is 0. The Balaban J connectivity index is 2.13. The van der Waals surface area contributed by atoms with Gasteiger partial charge in [0.25, 0.3) is 0 Å². The number of rotatable bonds is 1. The van der Waals surface area contributed by atoms with Crippen molar-refractivity contribution in [3.05, 3.63) is 60.3 Å². The number of fused-ring (bicyclic) bond motifs is 3. The highest BCUT2D eigenvalue weighted by Gasteiger charge is 2.24. The average Bonchev–Trinajstić information content (AvgIpc) is 2.84. The van der Waals surface area contributed by atoms with Gasteiger partial charge in [0, 0.05) is 29.6 Å². The highest BCUT2D eigenvalue weighted by atomic mass is 16.2. The first-order valence-corrected chi connectivity index (χ1v) is 6.82. The van der Waals surface area contributed by atoms with Crippen LogP contribution in [-0.2, 0) is 6.42 Å². The molecule has 1 aliphatic heterocycles. The normalized spacial score (nSPS) is 14.1. The Morgan fingerprint density at radius 1 is 0.950 bits per heavy atom. The summed E-state index contributed by atoms with van der Waals surface area (Å²) in [4.78, 5) is 12.2. The number of carbonyl (C=O) groups is 1. The number of para-hydroxylation sites is 1. The van der Waals surface area contributed by atoms with Crippen LogP contribution in [0, 0.1) is 0 Å². The van der Waals surface area contributed by atoms with E-state index in [0.717, 1.165) is 23.0 Å². The second-order valence-electron chi connectivity index (χ2n) is 5.02. The van der Waals surface area contributed by atoms with Crippen molar-refractivity contribution in [2.75, 3.05) is 6.54 Å². The molecule has 2 aromatic carbocycles. The largest absolute Gasteiger partial charge is 0.337 e. The van der Waals surface area contributed by atoms with Gasteiger partial charge < -0.3 is 5.32 Å². The van der Waals surface area contributed by atoms with Crippen LogP contribution in [0.15, 0.2) is 54.6 Å². The first-order chi connectivity index (χ1) is 9.86. The van der Waals surface area contributed by atoms with Crippen LogP contribution < -0.4 is 5.32 Å². The molecule has 2 heterocycles. The van der Waals surface area contributed by atoms with Gasteiger partial charge in [0.1, 0.15) is 0 Å². The Morgan fingerprint density at radius 2 is 1.70 bits per heavy atom. The van der Waals surface area contributed by atoms with Gasteiger partial charge in [0.15, 0.2) is 0 Å². The van der Waals surface area contributed by atoms with E-state index < -0.39 is 0 Å². The molecule has 0 radical (unpaired) electrons. The van der Waals surface area contributed by atoms with Crippen LogP contribution >= 0.6 is 0 Å². The second kappa shape index (κ2) is 4.23. The van der Waals surface area contributed by atoms with E-state index in [-0.39, 0.29) is 6.03 Å². The fourth-order valence-electron chi connectivity index (χ4n) is 3.06. The van der Waals surface area contributed by atoms with Crippen molar-refractivity contribution in [2.45, 2.75) is 6.42 Å². The lowest BCUT2D eigenvalue weighted by atomic mass is 10.0. The number of nitrogens with zero attached hydrogens (tertiary/aromatic N) is 1. The first kappa shape index (κ1) is 11.3. The quantitative estimate of drug-likeness (QED) is 0.716. The molecule has 0 atom stereocenters. The minimum absolute atomic E-state index is 0.0235. The van der Waals surface area contributed by atoms with E-state index >= 15 is 0 Å². The smallest absolute Gasteiger partial charge is 0.326 e. The average molecular weight is 262 g/mol. The molecule has 98 valence electrons. The fraction of sp³-hybridized carbons (Fsp3) is 0.118. The molecule has 0 aliphatic carbocycles. The third-order valence-electron chi connectivity index (χ3n) is 3.88. The Hall–Kier alpha value is -2.55. The lowest BCUT2D eigenvalue weighted by Crippen LogP contribution is -2.36. The number of nitrogens with one attached hydrogen (secondary N) is 1. The highest BCUT2D eigenvalue weighted by Crippen LogP contribution is 2.35. The van der Waals surface area contributed by atoms with E-state index in [4.69, 9.17) is 0 Å². The van der Waals surface area contributed by atoms with E-state index in [1.54, 1.807) is 0 Å². The molecule has 0 spiro atoms. The van der Waals surface area contributed by atoms with Crippen LogP contribution in [0.2, 0.25) is 0 Å². The van der Waals surface area contributed by atoms with E-state index in [0.29, 0.717) is 6.54 Å². The van der Waals surface area contributed by atoms with Crippen molar-refractivity contribution < 1.29 is 4.79 Å². The van der Waals surface area contributed by atoms with Crippen LogP contribution in [0.5, 0.6) is 0 Å². The van der Waals surface area contributed by atoms with Gasteiger partial charge in [0.2, 0.25) is 0 Å². The number of hydrogen-bond acceptors (Lipinski definition) is 1. The van der Waals surface area contributed by atoms with E-state index in [2.05, 4.69) is 23.5 Å². The minimum atomic E-state index is -0.0235. The van der Waals surface area contributed by atoms with Gasteiger partial charge >= 0.3 is 6.03 Å². The molecule has 1 aromatic heterocycles. The Bertz CT molecular complexity index is 802. The summed E-state index contributed by atoms with van der Waals surface area (Å²) < 4.78 is 1.82. The van der Waals surface area contributed by atoms with E-state index in [1.807, 2.05) is 41.0 Å². The molecule has 0 fully saturated rings. The van der Waals surface area contributed by atoms with Crippen molar-refractivity contribution in [2.24, 2.45) is 0 Å². The molecule has 3 aromatic rings. The molecule has 20 heavy (non-hydrogen) atoms. The van der Waals surface area contributed by atoms with Gasteiger partial charge in [-0.2, -0.15) is 0 Å². The summed E-state index contributed by atoms with van der Waals surface area (Å²) >= 11 is 0. The lowest BCUT2D eigenvalue weighted by Gasteiger charge is -2.17. The molecule has 0 unspecified atom stereocenters. The highest BCUT2D eigenvalue weighted by molar-refractivity contribution is 6.04. The van der Waals surface area contributed by atoms with Gasteiger partial charge in [-0.15, -0.1) is 0 Å². The van der Waals surface area contributed by atoms with Gasteiger partial charge in [-0.25, -0.2) is 4.79 Å². The van der Waals surface area contributed by atoms with Gasteiger partial charge in [-0.05, 0) is 11.6 Å². The molecule has 3 nitrogen and oxygen atoms in total. The molecule has 0 saturated carbocycles.